The van der Waals surface area contributed by atoms with Gasteiger partial charge in [0.1, 0.15) is 11.5 Å². The first-order chi connectivity index (χ1) is 16.0. The standard InChI is InChI=1S/C24H25N3O6/c1-31-18-9-10-20(32-2)17(16-18)8-11-22(28)26-13-5-14-27(26)23(29)12-15-25-19-6-3-4-7-21(19)33-24(25)30/h3-4,6-11,16H,5,12-15H2,1-2H3. The predicted octanol–water partition coefficient (Wildman–Crippen LogP) is 2.69. The highest BCUT2D eigenvalue weighted by molar-refractivity contribution is 5.94. The molecular weight excluding hydrogens is 426 g/mol. The number of ether oxygens (including phenoxy) is 2. The molecule has 9 heteroatoms. The third kappa shape index (κ3) is 4.62. The van der Waals surface area contributed by atoms with Gasteiger partial charge in [-0.1, -0.05) is 12.1 Å². The average molecular weight is 451 g/mol. The summed E-state index contributed by atoms with van der Waals surface area (Å²) in [7, 11) is 3.12. The van der Waals surface area contributed by atoms with Crippen LogP contribution >= 0.6 is 0 Å². The van der Waals surface area contributed by atoms with Crippen molar-refractivity contribution >= 4 is 29.0 Å². The van der Waals surface area contributed by atoms with E-state index in [9.17, 15) is 14.4 Å². The second kappa shape index (κ2) is 9.64. The number of hydrazine groups is 1. The molecule has 2 amide bonds. The maximum Gasteiger partial charge on any atom is 0.419 e. The Hall–Kier alpha value is -4.01. The van der Waals surface area contributed by atoms with Gasteiger partial charge in [-0.2, -0.15) is 0 Å². The number of benzene rings is 2. The number of aryl methyl sites for hydroxylation is 1. The quantitative estimate of drug-likeness (QED) is 0.513. The fourth-order valence-electron chi connectivity index (χ4n) is 3.88. The second-order valence-electron chi connectivity index (χ2n) is 7.51. The number of rotatable bonds is 7. The van der Waals surface area contributed by atoms with Crippen LogP contribution in [0.5, 0.6) is 11.5 Å². The van der Waals surface area contributed by atoms with Gasteiger partial charge in [0, 0.05) is 37.7 Å². The topological polar surface area (TPSA) is 94.2 Å². The van der Waals surface area contributed by atoms with Gasteiger partial charge < -0.3 is 13.9 Å². The lowest BCUT2D eigenvalue weighted by atomic mass is 10.1. The van der Waals surface area contributed by atoms with Crippen LogP contribution in [-0.4, -0.2) is 53.7 Å². The van der Waals surface area contributed by atoms with Gasteiger partial charge in [-0.25, -0.2) is 9.80 Å². The first-order valence-corrected chi connectivity index (χ1v) is 10.6. The van der Waals surface area contributed by atoms with Crippen LogP contribution in [0.2, 0.25) is 0 Å². The van der Waals surface area contributed by atoms with Gasteiger partial charge in [-0.3, -0.25) is 19.2 Å². The third-order valence-electron chi connectivity index (χ3n) is 5.54. The van der Waals surface area contributed by atoms with E-state index in [0.29, 0.717) is 47.7 Å². The summed E-state index contributed by atoms with van der Waals surface area (Å²) in [6, 6.07) is 12.4. The van der Waals surface area contributed by atoms with Crippen LogP contribution in [0.1, 0.15) is 18.4 Å². The molecule has 33 heavy (non-hydrogen) atoms. The number of hydrogen-bond donors (Lipinski definition) is 0. The predicted molar refractivity (Wildman–Crippen MR) is 122 cm³/mol. The zero-order valence-corrected chi connectivity index (χ0v) is 18.5. The Balaban J connectivity index is 1.44. The van der Waals surface area contributed by atoms with Crippen molar-refractivity contribution < 1.29 is 23.5 Å². The zero-order chi connectivity index (χ0) is 23.4. The largest absolute Gasteiger partial charge is 0.497 e. The van der Waals surface area contributed by atoms with Crippen molar-refractivity contribution in [2.75, 3.05) is 27.3 Å². The molecule has 0 N–H and O–H groups in total. The fourth-order valence-corrected chi connectivity index (χ4v) is 3.88. The van der Waals surface area contributed by atoms with E-state index in [4.69, 9.17) is 13.9 Å². The summed E-state index contributed by atoms with van der Waals surface area (Å²) in [6.45, 7) is 1.06. The Labute approximate surface area is 190 Å². The highest BCUT2D eigenvalue weighted by Gasteiger charge is 2.29. The minimum Gasteiger partial charge on any atom is -0.497 e. The molecule has 1 aliphatic rings. The highest BCUT2D eigenvalue weighted by Crippen LogP contribution is 2.25. The molecule has 1 saturated heterocycles. The smallest absolute Gasteiger partial charge is 0.419 e. The van der Waals surface area contributed by atoms with Crippen LogP contribution < -0.4 is 15.2 Å². The van der Waals surface area contributed by atoms with Gasteiger partial charge in [-0.15, -0.1) is 0 Å². The lowest BCUT2D eigenvalue weighted by molar-refractivity contribution is -0.154. The molecule has 0 radical (unpaired) electrons. The van der Waals surface area contributed by atoms with Crippen molar-refractivity contribution in [2.45, 2.75) is 19.4 Å². The molecule has 2 aromatic carbocycles. The van der Waals surface area contributed by atoms with Gasteiger partial charge >= 0.3 is 5.76 Å². The van der Waals surface area contributed by atoms with E-state index in [2.05, 4.69) is 0 Å². The fraction of sp³-hybridized carbons (Fsp3) is 0.292. The van der Waals surface area contributed by atoms with Crippen LogP contribution in [0.15, 0.2) is 57.8 Å². The monoisotopic (exact) mass is 451 g/mol. The number of hydrogen-bond acceptors (Lipinski definition) is 6. The van der Waals surface area contributed by atoms with Crippen molar-refractivity contribution in [1.82, 2.24) is 14.6 Å². The molecular formula is C24H25N3O6. The summed E-state index contributed by atoms with van der Waals surface area (Å²) < 4.78 is 17.2. The summed E-state index contributed by atoms with van der Waals surface area (Å²) in [5.41, 5.74) is 1.80. The van der Waals surface area contributed by atoms with Crippen molar-refractivity contribution in [3.63, 3.8) is 0 Å². The number of oxazole rings is 1. The lowest BCUT2D eigenvalue weighted by Crippen LogP contribution is -2.44. The van der Waals surface area contributed by atoms with Gasteiger partial charge in [0.15, 0.2) is 5.58 Å². The molecule has 0 atom stereocenters. The summed E-state index contributed by atoms with van der Waals surface area (Å²) in [4.78, 5) is 37.9. The highest BCUT2D eigenvalue weighted by atomic mass is 16.5. The SMILES string of the molecule is COc1ccc(OC)c(C=CC(=O)N2CCCN2C(=O)CCn2c(=O)oc3ccccc32)c1. The number of nitrogens with zero attached hydrogens (tertiary/aromatic N) is 3. The minimum atomic E-state index is -0.506. The number of aromatic nitrogens is 1. The molecule has 1 aromatic heterocycles. The molecule has 0 bridgehead atoms. The number of fused-ring (bicyclic) bond motifs is 1. The molecule has 172 valence electrons. The minimum absolute atomic E-state index is 0.0701. The second-order valence-corrected chi connectivity index (χ2v) is 7.51. The molecule has 0 spiro atoms. The Morgan fingerprint density at radius 2 is 1.85 bits per heavy atom. The molecule has 0 saturated carbocycles. The van der Waals surface area contributed by atoms with E-state index < -0.39 is 5.76 Å². The van der Waals surface area contributed by atoms with Crippen LogP contribution in [0, 0.1) is 0 Å². The van der Waals surface area contributed by atoms with E-state index in [1.165, 1.54) is 20.7 Å². The van der Waals surface area contributed by atoms with Crippen molar-refractivity contribution in [3.05, 3.63) is 64.7 Å². The molecule has 3 aromatic rings. The lowest BCUT2D eigenvalue weighted by Gasteiger charge is -2.27. The van der Waals surface area contributed by atoms with Gasteiger partial charge in [0.05, 0.1) is 19.7 Å². The van der Waals surface area contributed by atoms with Crippen molar-refractivity contribution in [1.29, 1.82) is 0 Å². The van der Waals surface area contributed by atoms with Gasteiger partial charge in [-0.05, 0) is 42.8 Å². The summed E-state index contributed by atoms with van der Waals surface area (Å²) >= 11 is 0. The Kier molecular flexibility index (Phi) is 6.48. The molecule has 4 rings (SSSR count). The Morgan fingerprint density at radius 1 is 1.06 bits per heavy atom. The number of carbonyl (C=O) groups is 2. The average Bonchev–Trinajstić information content (AvgIpc) is 3.45. The number of para-hydroxylation sites is 2. The molecule has 9 nitrogen and oxygen atoms in total. The summed E-state index contributed by atoms with van der Waals surface area (Å²) in [6.07, 6.45) is 3.81. The maximum atomic E-state index is 12.9. The van der Waals surface area contributed by atoms with E-state index >= 15 is 0 Å². The van der Waals surface area contributed by atoms with Crippen LogP contribution in [0.4, 0.5) is 0 Å². The van der Waals surface area contributed by atoms with Crippen LogP contribution in [-0.2, 0) is 16.1 Å². The number of carbonyl (C=O) groups excluding carboxylic acids is 2. The molecule has 1 fully saturated rings. The Morgan fingerprint density at radius 3 is 2.64 bits per heavy atom. The van der Waals surface area contributed by atoms with E-state index in [1.807, 2.05) is 0 Å². The van der Waals surface area contributed by atoms with Crippen LogP contribution in [0.3, 0.4) is 0 Å². The van der Waals surface area contributed by atoms with Crippen molar-refractivity contribution in [3.8, 4) is 11.5 Å². The van der Waals surface area contributed by atoms with E-state index in [1.54, 1.807) is 62.8 Å². The first kappa shape index (κ1) is 22.2. The molecule has 1 aliphatic heterocycles. The summed E-state index contributed by atoms with van der Waals surface area (Å²) in [5.74, 6) is 0.199. The van der Waals surface area contributed by atoms with Gasteiger partial charge in [0.25, 0.3) is 5.91 Å². The maximum absolute atomic E-state index is 12.9. The third-order valence-corrected chi connectivity index (χ3v) is 5.54. The number of methoxy groups -OCH3 is 2. The van der Waals surface area contributed by atoms with E-state index in [-0.39, 0.29) is 24.8 Å². The van der Waals surface area contributed by atoms with E-state index in [0.717, 1.165) is 0 Å². The zero-order valence-electron chi connectivity index (χ0n) is 18.5. The van der Waals surface area contributed by atoms with Crippen molar-refractivity contribution in [2.24, 2.45) is 0 Å². The molecule has 0 unspecified atom stereocenters. The van der Waals surface area contributed by atoms with Gasteiger partial charge in [0.2, 0.25) is 5.91 Å². The molecule has 0 aliphatic carbocycles. The molecule has 2 heterocycles. The number of amides is 2. The van der Waals surface area contributed by atoms with Crippen LogP contribution in [0.25, 0.3) is 17.2 Å². The normalized spacial score (nSPS) is 13.8. The Bertz CT molecular complexity index is 1260. The summed E-state index contributed by atoms with van der Waals surface area (Å²) in [5, 5.41) is 2.88. The first-order valence-electron chi connectivity index (χ1n) is 10.6.